The Morgan fingerprint density at radius 2 is 1.86 bits per heavy atom. The molecule has 0 fully saturated rings. The number of carbonyl (C=O) groups excluding carboxylic acids is 1. The molecule has 9 heteroatoms. The number of carbonyl (C=O) groups is 1. The Morgan fingerprint density at radius 3 is 2.68 bits per heavy atom. The molecule has 0 radical (unpaired) electrons. The lowest BCUT2D eigenvalue weighted by molar-refractivity contribution is 0.101. The summed E-state index contributed by atoms with van der Waals surface area (Å²) < 4.78 is 9.88. The van der Waals surface area contributed by atoms with Crippen LogP contribution in [0.25, 0.3) is 39.0 Å². The van der Waals surface area contributed by atoms with Crippen molar-refractivity contribution in [3.63, 3.8) is 0 Å². The second-order valence-corrected chi connectivity index (χ2v) is 6.89. The first-order valence-corrected chi connectivity index (χ1v) is 9.11. The van der Waals surface area contributed by atoms with Gasteiger partial charge >= 0.3 is 0 Å². The summed E-state index contributed by atoms with van der Waals surface area (Å²) in [4.78, 5) is 19.5. The number of H-pyrrole nitrogens is 1. The van der Waals surface area contributed by atoms with Crippen LogP contribution < -0.4 is 0 Å². The van der Waals surface area contributed by atoms with Crippen molar-refractivity contribution in [1.82, 2.24) is 23.3 Å². The molecule has 0 spiro atoms. The molecular formula is C19H13N5O3S. The fourth-order valence-electron chi connectivity index (χ4n) is 3.40. The van der Waals surface area contributed by atoms with Gasteiger partial charge in [0.15, 0.2) is 11.5 Å². The molecule has 0 atom stereocenters. The molecule has 0 bridgehead atoms. The summed E-state index contributed by atoms with van der Waals surface area (Å²) in [5.41, 5.74) is 4.58. The molecule has 8 nitrogen and oxygen atoms in total. The van der Waals surface area contributed by atoms with Crippen molar-refractivity contribution in [3.8, 4) is 28.6 Å². The number of imidazole rings is 1. The summed E-state index contributed by atoms with van der Waals surface area (Å²) in [6, 6.07) is 10.7. The molecule has 3 N–H and O–H groups in total. The number of ketones is 1. The number of nitrogens with one attached hydrogen (secondary N) is 1. The molecular weight excluding hydrogens is 378 g/mol. The van der Waals surface area contributed by atoms with E-state index < -0.39 is 11.6 Å². The zero-order valence-electron chi connectivity index (χ0n) is 14.5. The molecule has 2 aromatic carbocycles. The van der Waals surface area contributed by atoms with Gasteiger partial charge in [0.1, 0.15) is 11.0 Å². The van der Waals surface area contributed by atoms with Gasteiger partial charge in [0, 0.05) is 5.56 Å². The smallest absolute Gasteiger partial charge is 0.240 e. The second kappa shape index (κ2) is 5.89. The lowest BCUT2D eigenvalue weighted by Gasteiger charge is -2.12. The first kappa shape index (κ1) is 16.5. The maximum absolute atomic E-state index is 12.3. The highest BCUT2D eigenvalue weighted by molar-refractivity contribution is 7.00. The molecule has 138 valence electrons. The molecule has 5 rings (SSSR count). The summed E-state index contributed by atoms with van der Waals surface area (Å²) >= 11 is 1.10. The van der Waals surface area contributed by atoms with Crippen molar-refractivity contribution < 1.29 is 15.0 Å². The minimum Gasteiger partial charge on any atom is -0.503 e. The van der Waals surface area contributed by atoms with E-state index in [0.717, 1.165) is 28.3 Å². The number of rotatable bonds is 3. The van der Waals surface area contributed by atoms with Crippen molar-refractivity contribution >= 4 is 39.6 Å². The van der Waals surface area contributed by atoms with E-state index in [0.29, 0.717) is 22.5 Å². The number of hydrogen-bond donors (Lipinski definition) is 3. The number of aromatic hydroxyl groups is 2. The Kier molecular flexibility index (Phi) is 3.46. The van der Waals surface area contributed by atoms with Crippen molar-refractivity contribution in [2.24, 2.45) is 0 Å². The van der Waals surface area contributed by atoms with Gasteiger partial charge in [-0.1, -0.05) is 6.07 Å². The van der Waals surface area contributed by atoms with E-state index in [-0.39, 0.29) is 11.3 Å². The van der Waals surface area contributed by atoms with Crippen LogP contribution in [-0.2, 0) is 0 Å². The van der Waals surface area contributed by atoms with Gasteiger partial charge in [0.2, 0.25) is 5.88 Å². The first-order chi connectivity index (χ1) is 13.5. The van der Waals surface area contributed by atoms with E-state index in [1.165, 1.54) is 11.5 Å². The Morgan fingerprint density at radius 1 is 1.07 bits per heavy atom. The van der Waals surface area contributed by atoms with Crippen LogP contribution in [0.1, 0.15) is 17.3 Å². The minimum atomic E-state index is -0.455. The average molecular weight is 391 g/mol. The Bertz CT molecular complexity index is 1380. The molecule has 0 amide bonds. The van der Waals surface area contributed by atoms with Gasteiger partial charge in [0.25, 0.3) is 0 Å². The van der Waals surface area contributed by atoms with Gasteiger partial charge in [-0.3, -0.25) is 9.36 Å². The van der Waals surface area contributed by atoms with Crippen LogP contribution in [0.5, 0.6) is 11.6 Å². The summed E-state index contributed by atoms with van der Waals surface area (Å²) in [7, 11) is 0. The highest BCUT2D eigenvalue weighted by atomic mass is 32.1. The largest absolute Gasteiger partial charge is 0.503 e. The van der Waals surface area contributed by atoms with Gasteiger partial charge in [-0.25, -0.2) is 4.98 Å². The predicted molar refractivity (Wildman–Crippen MR) is 105 cm³/mol. The molecule has 3 aromatic heterocycles. The third-order valence-electron chi connectivity index (χ3n) is 4.66. The Balaban J connectivity index is 1.85. The molecule has 0 aliphatic rings. The highest BCUT2D eigenvalue weighted by Crippen LogP contribution is 2.43. The molecule has 28 heavy (non-hydrogen) atoms. The summed E-state index contributed by atoms with van der Waals surface area (Å²) in [6.07, 6.45) is 1.58. The third kappa shape index (κ3) is 2.30. The topological polar surface area (TPSA) is 117 Å². The zero-order chi connectivity index (χ0) is 19.4. The summed E-state index contributed by atoms with van der Waals surface area (Å²) in [6.45, 7) is 1.35. The van der Waals surface area contributed by atoms with Crippen LogP contribution in [0.3, 0.4) is 0 Å². The van der Waals surface area contributed by atoms with Crippen LogP contribution in [0, 0.1) is 0 Å². The van der Waals surface area contributed by atoms with E-state index >= 15 is 0 Å². The second-order valence-electron chi connectivity index (χ2n) is 6.36. The van der Waals surface area contributed by atoms with Crippen LogP contribution in [0.2, 0.25) is 0 Å². The maximum atomic E-state index is 12.3. The Hall–Kier alpha value is -3.72. The standard InChI is InChI=1S/C19H13N5O3S/c1-9(25)16-17(10-2-4-13-15(6-10)23-28-22-13)24(19(27)18(16)26)11-3-5-12-14(7-11)21-8-20-12/h2-8,26-27H,1H3,(H,20,21). The number of aromatic nitrogens is 5. The van der Waals surface area contributed by atoms with Crippen molar-refractivity contribution in [1.29, 1.82) is 0 Å². The van der Waals surface area contributed by atoms with E-state index in [4.69, 9.17) is 0 Å². The van der Waals surface area contributed by atoms with E-state index in [2.05, 4.69) is 18.7 Å². The maximum Gasteiger partial charge on any atom is 0.240 e. The summed E-state index contributed by atoms with van der Waals surface area (Å²) in [5, 5.41) is 21.2. The molecule has 0 saturated carbocycles. The zero-order valence-corrected chi connectivity index (χ0v) is 15.4. The first-order valence-electron chi connectivity index (χ1n) is 8.38. The Labute approximate surface area is 162 Å². The van der Waals surface area contributed by atoms with Crippen LogP contribution >= 0.6 is 11.7 Å². The number of nitrogens with zero attached hydrogens (tertiary/aromatic N) is 4. The van der Waals surface area contributed by atoms with Gasteiger partial charge in [0.05, 0.1) is 46.0 Å². The van der Waals surface area contributed by atoms with Gasteiger partial charge in [-0.05, 0) is 37.3 Å². The lowest BCUT2D eigenvalue weighted by Crippen LogP contribution is -2.00. The van der Waals surface area contributed by atoms with Gasteiger partial charge < -0.3 is 15.2 Å². The molecule has 0 aliphatic carbocycles. The van der Waals surface area contributed by atoms with Crippen LogP contribution in [0.4, 0.5) is 0 Å². The molecule has 0 saturated heterocycles. The monoisotopic (exact) mass is 391 g/mol. The summed E-state index contributed by atoms with van der Waals surface area (Å²) in [5.74, 6) is -1.22. The fourth-order valence-corrected chi connectivity index (χ4v) is 3.92. The quantitative estimate of drug-likeness (QED) is 0.404. The molecule has 0 aliphatic heterocycles. The van der Waals surface area contributed by atoms with Gasteiger partial charge in [-0.2, -0.15) is 8.75 Å². The van der Waals surface area contributed by atoms with E-state index in [1.54, 1.807) is 42.7 Å². The van der Waals surface area contributed by atoms with E-state index in [9.17, 15) is 15.0 Å². The van der Waals surface area contributed by atoms with Gasteiger partial charge in [-0.15, -0.1) is 0 Å². The normalized spacial score (nSPS) is 11.5. The van der Waals surface area contributed by atoms with Crippen molar-refractivity contribution in [2.75, 3.05) is 0 Å². The van der Waals surface area contributed by atoms with Crippen LogP contribution in [0.15, 0.2) is 42.7 Å². The number of aromatic amines is 1. The number of hydrogen-bond acceptors (Lipinski definition) is 7. The van der Waals surface area contributed by atoms with Crippen molar-refractivity contribution in [3.05, 3.63) is 48.3 Å². The molecule has 3 heterocycles. The van der Waals surface area contributed by atoms with E-state index in [1.807, 2.05) is 0 Å². The lowest BCUT2D eigenvalue weighted by atomic mass is 10.0. The SMILES string of the molecule is CC(=O)c1c(O)c(O)n(-c2ccc3nc[nH]c3c2)c1-c1ccc2nsnc2c1. The number of fused-ring (bicyclic) bond motifs is 2. The average Bonchev–Trinajstić information content (AvgIpc) is 3.39. The van der Waals surface area contributed by atoms with Crippen molar-refractivity contribution in [2.45, 2.75) is 6.92 Å². The third-order valence-corrected chi connectivity index (χ3v) is 5.22. The minimum absolute atomic E-state index is 0.0461. The predicted octanol–water partition coefficient (Wildman–Crippen LogP) is 3.64. The fraction of sp³-hybridized carbons (Fsp3) is 0.0526. The number of benzene rings is 2. The molecule has 5 aromatic rings. The highest BCUT2D eigenvalue weighted by Gasteiger charge is 2.27. The van der Waals surface area contributed by atoms with Crippen LogP contribution in [-0.4, -0.2) is 39.3 Å². The molecule has 0 unspecified atom stereocenters. The number of Topliss-reactive ketones (excluding diaryl/α,β-unsaturated/α-hetero) is 1.